The van der Waals surface area contributed by atoms with E-state index >= 15 is 0 Å². The molecule has 2 heterocycles. The molecule has 0 spiro atoms. The van der Waals surface area contributed by atoms with Crippen LogP contribution in [0.15, 0.2) is 72.9 Å². The highest BCUT2D eigenvalue weighted by Gasteiger charge is 2.25. The summed E-state index contributed by atoms with van der Waals surface area (Å²) in [5, 5.41) is 20.4. The first-order valence-corrected chi connectivity index (χ1v) is 11.2. The Balaban J connectivity index is 2.01. The SMILES string of the molecule is CCc1ccc(-c2c(C#N)c(C#N)c3nc4ccccn4c3c2-c2ccc(CC)cc2)cc1. The maximum atomic E-state index is 10.2. The van der Waals surface area contributed by atoms with E-state index in [2.05, 4.69) is 74.5 Å². The third kappa shape index (κ3) is 3.25. The van der Waals surface area contributed by atoms with Gasteiger partial charge in [0.15, 0.2) is 0 Å². The summed E-state index contributed by atoms with van der Waals surface area (Å²) in [5.74, 6) is 0. The Hall–Kier alpha value is -4.41. The Bertz CT molecular complexity index is 1570. The third-order valence-electron chi connectivity index (χ3n) is 6.28. The van der Waals surface area contributed by atoms with E-state index in [0.29, 0.717) is 16.6 Å². The lowest BCUT2D eigenvalue weighted by atomic mass is 9.86. The van der Waals surface area contributed by atoms with Crippen LogP contribution in [0.2, 0.25) is 0 Å². The van der Waals surface area contributed by atoms with Crippen LogP contribution in [0.3, 0.4) is 0 Å². The number of benzene rings is 3. The molecule has 0 unspecified atom stereocenters. The van der Waals surface area contributed by atoms with Crippen LogP contribution in [0, 0.1) is 22.7 Å². The normalized spacial score (nSPS) is 10.9. The summed E-state index contributed by atoms with van der Waals surface area (Å²) in [7, 11) is 0. The lowest BCUT2D eigenvalue weighted by Gasteiger charge is -2.16. The summed E-state index contributed by atoms with van der Waals surface area (Å²) in [6.07, 6.45) is 3.85. The number of hydrogen-bond donors (Lipinski definition) is 0. The van der Waals surface area contributed by atoms with Crippen molar-refractivity contribution in [1.29, 1.82) is 10.5 Å². The largest absolute Gasteiger partial charge is 0.299 e. The molecular weight excluding hydrogens is 404 g/mol. The molecule has 2 aromatic heterocycles. The van der Waals surface area contributed by atoms with Gasteiger partial charge in [0.2, 0.25) is 0 Å². The predicted octanol–water partition coefficient (Wildman–Crippen LogP) is 6.69. The minimum atomic E-state index is 0.319. The van der Waals surface area contributed by atoms with Gasteiger partial charge in [-0.1, -0.05) is 68.4 Å². The Labute approximate surface area is 193 Å². The zero-order chi connectivity index (χ0) is 22.9. The predicted molar refractivity (Wildman–Crippen MR) is 132 cm³/mol. The fourth-order valence-corrected chi connectivity index (χ4v) is 4.50. The molecule has 0 bridgehead atoms. The minimum Gasteiger partial charge on any atom is -0.299 e. The second kappa shape index (κ2) is 8.26. The van der Waals surface area contributed by atoms with Gasteiger partial charge in [0.25, 0.3) is 0 Å². The maximum absolute atomic E-state index is 10.2. The number of aryl methyl sites for hydroxylation is 2. The van der Waals surface area contributed by atoms with Crippen LogP contribution in [-0.2, 0) is 12.8 Å². The van der Waals surface area contributed by atoms with Gasteiger partial charge in [-0.15, -0.1) is 0 Å². The fraction of sp³-hybridized carbons (Fsp3) is 0.138. The molecule has 4 nitrogen and oxygen atoms in total. The van der Waals surface area contributed by atoms with E-state index in [4.69, 9.17) is 4.98 Å². The van der Waals surface area contributed by atoms with E-state index in [0.717, 1.165) is 46.3 Å². The molecule has 158 valence electrons. The number of rotatable bonds is 4. The molecule has 0 fully saturated rings. The molecule has 0 atom stereocenters. The van der Waals surface area contributed by atoms with Crippen molar-refractivity contribution in [3.8, 4) is 34.4 Å². The number of aromatic nitrogens is 2. The second-order valence-corrected chi connectivity index (χ2v) is 8.06. The molecule has 0 aliphatic heterocycles. The van der Waals surface area contributed by atoms with Crippen molar-refractivity contribution in [3.05, 3.63) is 95.2 Å². The van der Waals surface area contributed by atoms with Crippen molar-refractivity contribution >= 4 is 16.7 Å². The lowest BCUT2D eigenvalue weighted by molar-refractivity contribution is 1.14. The molecule has 0 amide bonds. The number of pyridine rings is 1. The standard InChI is InChI=1S/C29H22N4/c1-3-19-8-12-21(13-9-19)26-23(17-30)24(18-31)28-29(33-16-6-5-7-25(33)32-28)27(26)22-14-10-20(4-2)11-15-22/h5-16H,3-4H2,1-2H3. The summed E-state index contributed by atoms with van der Waals surface area (Å²) >= 11 is 0. The molecule has 4 heteroatoms. The number of fused-ring (bicyclic) bond motifs is 3. The van der Waals surface area contributed by atoms with E-state index in [1.807, 2.05) is 28.8 Å². The fourth-order valence-electron chi connectivity index (χ4n) is 4.50. The Morgan fingerprint density at radius 3 is 1.85 bits per heavy atom. The van der Waals surface area contributed by atoms with Crippen molar-refractivity contribution in [3.63, 3.8) is 0 Å². The average Bonchev–Trinajstić information content (AvgIpc) is 3.26. The Kier molecular flexibility index (Phi) is 5.13. The molecule has 0 radical (unpaired) electrons. The molecule has 33 heavy (non-hydrogen) atoms. The van der Waals surface area contributed by atoms with Crippen molar-refractivity contribution in [2.24, 2.45) is 0 Å². The van der Waals surface area contributed by atoms with Crippen LogP contribution in [0.1, 0.15) is 36.1 Å². The van der Waals surface area contributed by atoms with Crippen LogP contribution in [0.25, 0.3) is 38.9 Å². The Morgan fingerprint density at radius 2 is 1.30 bits per heavy atom. The van der Waals surface area contributed by atoms with Crippen molar-refractivity contribution in [2.75, 3.05) is 0 Å². The summed E-state index contributed by atoms with van der Waals surface area (Å²) in [4.78, 5) is 4.77. The first-order valence-electron chi connectivity index (χ1n) is 11.2. The highest BCUT2D eigenvalue weighted by atomic mass is 15.0. The number of nitrogens with zero attached hydrogens (tertiary/aromatic N) is 4. The first kappa shape index (κ1) is 20.5. The second-order valence-electron chi connectivity index (χ2n) is 8.06. The zero-order valence-corrected chi connectivity index (χ0v) is 18.6. The molecule has 5 aromatic rings. The van der Waals surface area contributed by atoms with Crippen molar-refractivity contribution in [2.45, 2.75) is 26.7 Å². The molecular formula is C29H22N4. The molecule has 0 saturated carbocycles. The van der Waals surface area contributed by atoms with Crippen LogP contribution < -0.4 is 0 Å². The van der Waals surface area contributed by atoms with Gasteiger partial charge < -0.3 is 0 Å². The molecule has 5 rings (SSSR count). The van der Waals surface area contributed by atoms with E-state index in [1.54, 1.807) is 0 Å². The zero-order valence-electron chi connectivity index (χ0n) is 18.6. The monoisotopic (exact) mass is 426 g/mol. The summed E-state index contributed by atoms with van der Waals surface area (Å²) < 4.78 is 2.02. The van der Waals surface area contributed by atoms with E-state index in [9.17, 15) is 10.5 Å². The molecule has 0 N–H and O–H groups in total. The number of nitriles is 2. The molecule has 0 saturated heterocycles. The van der Waals surface area contributed by atoms with Gasteiger partial charge in [0.1, 0.15) is 23.3 Å². The van der Waals surface area contributed by atoms with Gasteiger partial charge in [-0.3, -0.25) is 4.40 Å². The van der Waals surface area contributed by atoms with Crippen LogP contribution >= 0.6 is 0 Å². The van der Waals surface area contributed by atoms with Gasteiger partial charge in [-0.2, -0.15) is 10.5 Å². The smallest absolute Gasteiger partial charge is 0.137 e. The third-order valence-corrected chi connectivity index (χ3v) is 6.28. The first-order chi connectivity index (χ1) is 16.2. The van der Waals surface area contributed by atoms with Gasteiger partial charge in [-0.05, 0) is 47.2 Å². The van der Waals surface area contributed by atoms with Crippen molar-refractivity contribution < 1.29 is 0 Å². The van der Waals surface area contributed by atoms with Gasteiger partial charge >= 0.3 is 0 Å². The number of hydrogen-bond acceptors (Lipinski definition) is 3. The van der Waals surface area contributed by atoms with Crippen LogP contribution in [-0.4, -0.2) is 9.38 Å². The molecule has 0 aliphatic carbocycles. The summed E-state index contributed by atoms with van der Waals surface area (Å²) in [6.45, 7) is 4.25. The molecule has 3 aromatic carbocycles. The minimum absolute atomic E-state index is 0.319. The van der Waals surface area contributed by atoms with E-state index < -0.39 is 0 Å². The van der Waals surface area contributed by atoms with E-state index in [-0.39, 0.29) is 0 Å². The van der Waals surface area contributed by atoms with Crippen molar-refractivity contribution in [1.82, 2.24) is 9.38 Å². The summed E-state index contributed by atoms with van der Waals surface area (Å²) in [5.41, 5.74) is 8.93. The van der Waals surface area contributed by atoms with Crippen LogP contribution in [0.4, 0.5) is 0 Å². The molecule has 0 aliphatic rings. The van der Waals surface area contributed by atoms with Gasteiger partial charge in [-0.25, -0.2) is 4.98 Å². The Morgan fingerprint density at radius 1 is 0.727 bits per heavy atom. The highest BCUT2D eigenvalue weighted by Crippen LogP contribution is 2.43. The van der Waals surface area contributed by atoms with Gasteiger partial charge in [0.05, 0.1) is 16.6 Å². The van der Waals surface area contributed by atoms with Crippen LogP contribution in [0.5, 0.6) is 0 Å². The summed E-state index contributed by atoms with van der Waals surface area (Å²) in [6, 6.07) is 27.2. The number of imidazole rings is 1. The van der Waals surface area contributed by atoms with E-state index in [1.165, 1.54) is 11.1 Å². The topological polar surface area (TPSA) is 64.9 Å². The highest BCUT2D eigenvalue weighted by molar-refractivity contribution is 6.07. The lowest BCUT2D eigenvalue weighted by Crippen LogP contribution is -1.99. The average molecular weight is 427 g/mol. The maximum Gasteiger partial charge on any atom is 0.137 e. The quantitative estimate of drug-likeness (QED) is 0.321. The van der Waals surface area contributed by atoms with Gasteiger partial charge in [0, 0.05) is 17.3 Å².